The molecule has 2 atom stereocenters. The molecule has 4 amide bonds. The fourth-order valence-corrected chi connectivity index (χ4v) is 4.11. The number of fused-ring (bicyclic) bond motifs is 1. The third-order valence-corrected chi connectivity index (χ3v) is 6.23. The predicted octanol–water partition coefficient (Wildman–Crippen LogP) is 3.78. The molecule has 34 heavy (non-hydrogen) atoms. The van der Waals surface area contributed by atoms with Crippen LogP contribution in [-0.4, -0.2) is 52.1 Å². The van der Waals surface area contributed by atoms with Crippen LogP contribution in [0.1, 0.15) is 72.7 Å². The van der Waals surface area contributed by atoms with Gasteiger partial charge in [0.15, 0.2) is 0 Å². The molecule has 0 aliphatic carbocycles. The number of hydrogen-bond acceptors (Lipinski definition) is 4. The summed E-state index contributed by atoms with van der Waals surface area (Å²) in [5, 5.41) is 2.99. The van der Waals surface area contributed by atoms with Gasteiger partial charge in [-0.1, -0.05) is 56.3 Å². The number of carbonyl (C=O) groups is 4. The summed E-state index contributed by atoms with van der Waals surface area (Å²) < 4.78 is 0. The number of rotatable bonds is 11. The molecule has 0 bridgehead atoms. The van der Waals surface area contributed by atoms with E-state index in [0.29, 0.717) is 30.5 Å². The van der Waals surface area contributed by atoms with Gasteiger partial charge >= 0.3 is 0 Å². The maximum Gasteiger partial charge on any atom is 0.261 e. The van der Waals surface area contributed by atoms with Gasteiger partial charge in [0.2, 0.25) is 11.8 Å². The molecule has 1 aliphatic rings. The van der Waals surface area contributed by atoms with Crippen molar-refractivity contribution in [3.8, 4) is 0 Å². The summed E-state index contributed by atoms with van der Waals surface area (Å²) in [6.45, 7) is 6.31. The average molecular weight is 464 g/mol. The fourth-order valence-electron chi connectivity index (χ4n) is 4.11. The van der Waals surface area contributed by atoms with E-state index in [1.807, 2.05) is 51.1 Å². The molecule has 0 saturated carbocycles. The van der Waals surface area contributed by atoms with Crippen LogP contribution < -0.4 is 5.32 Å². The lowest BCUT2D eigenvalue weighted by molar-refractivity contribution is -0.141. The highest BCUT2D eigenvalue weighted by Gasteiger charge is 2.35. The van der Waals surface area contributed by atoms with Crippen molar-refractivity contribution < 1.29 is 19.2 Å². The van der Waals surface area contributed by atoms with Crippen LogP contribution >= 0.6 is 0 Å². The zero-order chi connectivity index (χ0) is 24.7. The second-order valence-electron chi connectivity index (χ2n) is 8.66. The van der Waals surface area contributed by atoms with Crippen LogP contribution in [0.25, 0.3) is 0 Å². The SMILES string of the molecule is CC[C@H](C)NC(=O)[C@H](CC)N(Cc1ccccc1)C(=O)CCCN1C(=O)c2ccccc2C1=O. The van der Waals surface area contributed by atoms with E-state index in [2.05, 4.69) is 5.32 Å². The van der Waals surface area contributed by atoms with E-state index in [0.717, 1.165) is 12.0 Å². The van der Waals surface area contributed by atoms with Crippen molar-refractivity contribution in [2.75, 3.05) is 6.54 Å². The lowest BCUT2D eigenvalue weighted by Gasteiger charge is -2.31. The Morgan fingerprint density at radius 2 is 1.50 bits per heavy atom. The molecular weight excluding hydrogens is 430 g/mol. The van der Waals surface area contributed by atoms with E-state index in [9.17, 15) is 19.2 Å². The zero-order valence-corrected chi connectivity index (χ0v) is 20.1. The van der Waals surface area contributed by atoms with Crippen molar-refractivity contribution in [2.24, 2.45) is 0 Å². The summed E-state index contributed by atoms with van der Waals surface area (Å²) in [4.78, 5) is 54.3. The molecule has 0 aromatic heterocycles. The van der Waals surface area contributed by atoms with Gasteiger partial charge in [0.25, 0.3) is 11.8 Å². The molecule has 1 aliphatic heterocycles. The Kier molecular flexibility index (Phi) is 8.57. The van der Waals surface area contributed by atoms with Gasteiger partial charge in [-0.15, -0.1) is 0 Å². The molecule has 0 unspecified atom stereocenters. The summed E-state index contributed by atoms with van der Waals surface area (Å²) in [5.74, 6) is -0.991. The Morgan fingerprint density at radius 3 is 2.06 bits per heavy atom. The summed E-state index contributed by atoms with van der Waals surface area (Å²) in [6.07, 6.45) is 1.75. The van der Waals surface area contributed by atoms with Crippen LogP contribution in [0.15, 0.2) is 54.6 Å². The smallest absolute Gasteiger partial charge is 0.261 e. The maximum absolute atomic E-state index is 13.3. The van der Waals surface area contributed by atoms with E-state index in [4.69, 9.17) is 0 Å². The molecule has 2 aromatic carbocycles. The van der Waals surface area contributed by atoms with Gasteiger partial charge in [0.05, 0.1) is 11.1 Å². The number of nitrogens with zero attached hydrogens (tertiary/aromatic N) is 2. The van der Waals surface area contributed by atoms with Gasteiger partial charge in [-0.3, -0.25) is 24.1 Å². The van der Waals surface area contributed by atoms with Crippen molar-refractivity contribution in [3.05, 3.63) is 71.3 Å². The third kappa shape index (κ3) is 5.71. The fraction of sp³-hybridized carbons (Fsp3) is 0.407. The van der Waals surface area contributed by atoms with Gasteiger partial charge in [0.1, 0.15) is 6.04 Å². The molecule has 3 rings (SSSR count). The van der Waals surface area contributed by atoms with Crippen LogP contribution in [0.2, 0.25) is 0 Å². The van der Waals surface area contributed by atoms with Gasteiger partial charge < -0.3 is 10.2 Å². The van der Waals surface area contributed by atoms with Crippen molar-refractivity contribution >= 4 is 23.6 Å². The Hall–Kier alpha value is -3.48. The normalized spacial score (nSPS) is 14.5. The predicted molar refractivity (Wildman–Crippen MR) is 130 cm³/mol. The summed E-state index contributed by atoms with van der Waals surface area (Å²) in [5.41, 5.74) is 1.74. The van der Waals surface area contributed by atoms with Crippen molar-refractivity contribution in [3.63, 3.8) is 0 Å². The Bertz CT molecular complexity index is 1000. The first-order valence-corrected chi connectivity index (χ1v) is 12.0. The lowest BCUT2D eigenvalue weighted by atomic mass is 10.1. The number of nitrogens with one attached hydrogen (secondary N) is 1. The van der Waals surface area contributed by atoms with E-state index >= 15 is 0 Å². The van der Waals surface area contributed by atoms with E-state index in [1.54, 1.807) is 29.2 Å². The molecule has 0 saturated heterocycles. The van der Waals surface area contributed by atoms with Gasteiger partial charge in [-0.05, 0) is 43.9 Å². The van der Waals surface area contributed by atoms with E-state index in [1.165, 1.54) is 4.90 Å². The molecule has 0 spiro atoms. The van der Waals surface area contributed by atoms with E-state index < -0.39 is 6.04 Å². The molecule has 7 nitrogen and oxygen atoms in total. The first kappa shape index (κ1) is 25.1. The summed E-state index contributed by atoms with van der Waals surface area (Å²) >= 11 is 0. The number of imide groups is 1. The molecule has 0 radical (unpaired) electrons. The number of amides is 4. The molecule has 180 valence electrons. The van der Waals surface area contributed by atoms with Crippen LogP contribution in [0.4, 0.5) is 0 Å². The Morgan fingerprint density at radius 1 is 0.912 bits per heavy atom. The second-order valence-corrected chi connectivity index (χ2v) is 8.66. The Balaban J connectivity index is 1.69. The highest BCUT2D eigenvalue weighted by Crippen LogP contribution is 2.23. The van der Waals surface area contributed by atoms with Crippen molar-refractivity contribution in [1.82, 2.24) is 15.1 Å². The minimum atomic E-state index is -0.596. The molecular formula is C27H33N3O4. The highest BCUT2D eigenvalue weighted by molar-refractivity contribution is 6.21. The summed E-state index contributed by atoms with van der Waals surface area (Å²) in [6, 6.07) is 15.7. The molecule has 7 heteroatoms. The molecule has 1 heterocycles. The van der Waals surface area contributed by atoms with E-state index in [-0.39, 0.29) is 42.6 Å². The monoisotopic (exact) mass is 463 g/mol. The van der Waals surface area contributed by atoms with Crippen LogP contribution in [-0.2, 0) is 16.1 Å². The molecule has 0 fully saturated rings. The Labute approximate surface area is 201 Å². The molecule has 2 aromatic rings. The minimum absolute atomic E-state index is 0.0176. The van der Waals surface area contributed by atoms with Crippen molar-refractivity contribution in [1.29, 1.82) is 0 Å². The lowest BCUT2D eigenvalue weighted by Crippen LogP contribution is -2.50. The number of benzene rings is 2. The van der Waals surface area contributed by atoms with Crippen molar-refractivity contribution in [2.45, 2.75) is 65.1 Å². The minimum Gasteiger partial charge on any atom is -0.352 e. The largest absolute Gasteiger partial charge is 0.352 e. The van der Waals surface area contributed by atoms with Gasteiger partial charge in [-0.25, -0.2) is 0 Å². The number of hydrogen-bond donors (Lipinski definition) is 1. The molecule has 1 N–H and O–H groups in total. The first-order chi connectivity index (χ1) is 16.4. The van der Waals surface area contributed by atoms with Crippen LogP contribution in [0.5, 0.6) is 0 Å². The number of carbonyl (C=O) groups excluding carboxylic acids is 4. The quantitative estimate of drug-likeness (QED) is 0.514. The first-order valence-electron chi connectivity index (χ1n) is 12.0. The highest BCUT2D eigenvalue weighted by atomic mass is 16.2. The van der Waals surface area contributed by atoms with Gasteiger partial charge in [0, 0.05) is 25.6 Å². The standard InChI is InChI=1S/C27H33N3O4/c1-4-19(3)28-25(32)23(5-2)30(18-20-12-7-6-8-13-20)24(31)16-11-17-29-26(33)21-14-9-10-15-22(21)27(29)34/h6-10,12-15,19,23H,4-5,11,16-18H2,1-3H3,(H,28,32)/t19-,23-/m0/s1. The van der Waals surface area contributed by atoms with Gasteiger partial charge in [-0.2, -0.15) is 0 Å². The third-order valence-electron chi connectivity index (χ3n) is 6.23. The topological polar surface area (TPSA) is 86.8 Å². The second kappa shape index (κ2) is 11.6. The van der Waals surface area contributed by atoms with Crippen LogP contribution in [0, 0.1) is 0 Å². The maximum atomic E-state index is 13.3. The zero-order valence-electron chi connectivity index (χ0n) is 20.1. The summed E-state index contributed by atoms with van der Waals surface area (Å²) in [7, 11) is 0. The van der Waals surface area contributed by atoms with Crippen LogP contribution in [0.3, 0.4) is 0 Å². The average Bonchev–Trinajstić information content (AvgIpc) is 3.09.